The molecule has 0 atom stereocenters. The summed E-state index contributed by atoms with van der Waals surface area (Å²) in [6, 6.07) is 11.3. The first kappa shape index (κ1) is 21.0. The van der Waals surface area contributed by atoms with Crippen LogP contribution in [0.5, 0.6) is 0 Å². The molecule has 1 amide bonds. The molecule has 0 bridgehead atoms. The second-order valence-corrected chi connectivity index (χ2v) is 8.86. The number of carbonyl (C=O) groups is 1. The maximum absolute atomic E-state index is 12.6. The van der Waals surface area contributed by atoms with Crippen molar-refractivity contribution in [1.29, 1.82) is 0 Å². The molecule has 0 radical (unpaired) electrons. The Morgan fingerprint density at radius 3 is 2.55 bits per heavy atom. The zero-order valence-electron chi connectivity index (χ0n) is 15.0. The molecular weight excluding hydrogens is 438 g/mol. The number of benzene rings is 2. The zero-order valence-corrected chi connectivity index (χ0v) is 17.4. The summed E-state index contributed by atoms with van der Waals surface area (Å²) in [7, 11) is -4.04. The minimum Gasteiger partial charge on any atom is -0.286 e. The number of hydrogen-bond acceptors (Lipinski definition) is 6. The summed E-state index contributed by atoms with van der Waals surface area (Å²) in [6.45, 7) is 1.91. The van der Waals surface area contributed by atoms with Crippen molar-refractivity contribution < 1.29 is 18.1 Å². The topological polar surface area (TPSA) is 110 Å². The lowest BCUT2D eigenvalue weighted by Gasteiger charge is -2.11. The van der Waals surface area contributed by atoms with Gasteiger partial charge in [-0.25, -0.2) is 0 Å². The highest BCUT2D eigenvalue weighted by atomic mass is 35.5. The van der Waals surface area contributed by atoms with Gasteiger partial charge in [-0.2, -0.15) is 8.42 Å². The molecule has 0 spiro atoms. The lowest BCUT2D eigenvalue weighted by molar-refractivity contribution is -0.384. The predicted octanol–water partition coefficient (Wildman–Crippen LogP) is 3.93. The largest absolute Gasteiger partial charge is 0.286 e. The summed E-state index contributed by atoms with van der Waals surface area (Å²) in [4.78, 5) is 24.5. The SMILES string of the molecule is CCN1C(=O)/C(=C/c2cccc([N+](=O)[O-])c2)S/C1=N/S(=O)(=O)c1ccc(Cl)cc1. The van der Waals surface area contributed by atoms with Crippen molar-refractivity contribution in [2.75, 3.05) is 6.54 Å². The second kappa shape index (κ2) is 8.36. The Balaban J connectivity index is 1.97. The maximum Gasteiger partial charge on any atom is 0.284 e. The highest BCUT2D eigenvalue weighted by Gasteiger charge is 2.34. The highest BCUT2D eigenvalue weighted by molar-refractivity contribution is 8.19. The number of rotatable bonds is 5. The molecular formula is C18H14ClN3O5S2. The van der Waals surface area contributed by atoms with Crippen LogP contribution >= 0.6 is 23.4 Å². The Morgan fingerprint density at radius 1 is 1.24 bits per heavy atom. The number of nitro groups is 1. The molecule has 0 aromatic heterocycles. The Labute approximate surface area is 176 Å². The molecule has 29 heavy (non-hydrogen) atoms. The van der Waals surface area contributed by atoms with Crippen LogP contribution in [0.4, 0.5) is 5.69 Å². The van der Waals surface area contributed by atoms with Gasteiger partial charge in [-0.1, -0.05) is 23.7 Å². The first-order valence-corrected chi connectivity index (χ1v) is 10.9. The molecule has 2 aromatic rings. The van der Waals surface area contributed by atoms with Gasteiger partial charge in [0.2, 0.25) is 0 Å². The lowest BCUT2D eigenvalue weighted by atomic mass is 10.2. The van der Waals surface area contributed by atoms with Gasteiger partial charge in [0, 0.05) is 23.7 Å². The Bertz CT molecular complexity index is 1140. The number of halogens is 1. The van der Waals surface area contributed by atoms with Crippen LogP contribution in [0.25, 0.3) is 6.08 Å². The predicted molar refractivity (Wildman–Crippen MR) is 112 cm³/mol. The molecule has 8 nitrogen and oxygen atoms in total. The quantitative estimate of drug-likeness (QED) is 0.387. The fourth-order valence-electron chi connectivity index (χ4n) is 2.50. The minimum absolute atomic E-state index is 0.0177. The van der Waals surface area contributed by atoms with E-state index in [4.69, 9.17) is 11.6 Å². The standard InChI is InChI=1S/C18H14ClN3O5S2/c1-2-21-17(23)16(11-12-4-3-5-14(10-12)22(24)25)28-18(21)20-29(26,27)15-8-6-13(19)7-9-15/h3-11H,2H2,1H3/b16-11-,20-18+. The lowest BCUT2D eigenvalue weighted by Crippen LogP contribution is -2.29. The number of hydrogen-bond donors (Lipinski definition) is 0. The molecule has 0 unspecified atom stereocenters. The van der Waals surface area contributed by atoms with Gasteiger partial charge in [0.25, 0.3) is 21.6 Å². The van der Waals surface area contributed by atoms with Crippen LogP contribution in [0.3, 0.4) is 0 Å². The molecule has 3 rings (SSSR count). The third kappa shape index (κ3) is 4.66. The summed E-state index contributed by atoms with van der Waals surface area (Å²) >= 11 is 6.68. The van der Waals surface area contributed by atoms with Crippen LogP contribution in [-0.4, -0.2) is 35.9 Å². The normalized spacial score (nSPS) is 17.3. The number of nitro benzene ring substituents is 1. The number of nitrogens with zero attached hydrogens (tertiary/aromatic N) is 3. The van der Waals surface area contributed by atoms with E-state index >= 15 is 0 Å². The van der Waals surface area contributed by atoms with Crippen LogP contribution in [0.1, 0.15) is 12.5 Å². The van der Waals surface area contributed by atoms with Gasteiger partial charge in [0.15, 0.2) is 5.17 Å². The fourth-order valence-corrected chi connectivity index (χ4v) is 4.87. The van der Waals surface area contributed by atoms with Crippen LogP contribution in [0.15, 0.2) is 62.7 Å². The summed E-state index contributed by atoms with van der Waals surface area (Å²) in [5.74, 6) is -0.422. The second-order valence-electron chi connectivity index (χ2n) is 5.82. The molecule has 150 valence electrons. The third-order valence-corrected chi connectivity index (χ3v) is 6.55. The Kier molecular flexibility index (Phi) is 6.06. The van der Waals surface area contributed by atoms with Gasteiger partial charge in [-0.15, -0.1) is 4.40 Å². The van der Waals surface area contributed by atoms with Crippen molar-refractivity contribution in [3.8, 4) is 0 Å². The van der Waals surface area contributed by atoms with E-state index in [2.05, 4.69) is 4.40 Å². The monoisotopic (exact) mass is 451 g/mol. The maximum atomic E-state index is 12.6. The average molecular weight is 452 g/mol. The van der Waals surface area contributed by atoms with Crippen LogP contribution in [-0.2, 0) is 14.8 Å². The van der Waals surface area contributed by atoms with Crippen LogP contribution in [0.2, 0.25) is 5.02 Å². The van der Waals surface area contributed by atoms with Crippen molar-refractivity contribution in [2.45, 2.75) is 11.8 Å². The van der Waals surface area contributed by atoms with Crippen molar-refractivity contribution in [1.82, 2.24) is 4.90 Å². The molecule has 0 saturated carbocycles. The van der Waals surface area contributed by atoms with Gasteiger partial charge < -0.3 is 0 Å². The number of sulfonamides is 1. The fraction of sp³-hybridized carbons (Fsp3) is 0.111. The van der Waals surface area contributed by atoms with Gasteiger partial charge in [-0.05, 0) is 54.6 Å². The van der Waals surface area contributed by atoms with Crippen LogP contribution < -0.4 is 0 Å². The van der Waals surface area contributed by atoms with Crippen molar-refractivity contribution in [3.63, 3.8) is 0 Å². The zero-order chi connectivity index (χ0) is 21.2. The summed E-state index contributed by atoms with van der Waals surface area (Å²) in [6.07, 6.45) is 1.47. The molecule has 1 aliphatic rings. The van der Waals surface area contributed by atoms with E-state index in [0.717, 1.165) is 11.8 Å². The number of amidine groups is 1. The van der Waals surface area contributed by atoms with Crippen LogP contribution in [0, 0.1) is 10.1 Å². The number of carbonyl (C=O) groups excluding carboxylic acids is 1. The van der Waals surface area contributed by atoms with Gasteiger partial charge >= 0.3 is 0 Å². The Morgan fingerprint density at radius 2 is 1.93 bits per heavy atom. The molecule has 0 aliphatic carbocycles. The Hall–Kier alpha value is -2.69. The van der Waals surface area contributed by atoms with E-state index in [0.29, 0.717) is 10.6 Å². The van der Waals surface area contributed by atoms with E-state index in [1.165, 1.54) is 53.4 Å². The van der Waals surface area contributed by atoms with Gasteiger partial charge in [-0.3, -0.25) is 19.8 Å². The molecule has 0 N–H and O–H groups in total. The third-order valence-electron chi connectivity index (χ3n) is 3.89. The van der Waals surface area contributed by atoms with Crippen molar-refractivity contribution in [2.24, 2.45) is 4.40 Å². The van der Waals surface area contributed by atoms with Crippen molar-refractivity contribution in [3.05, 3.63) is 74.1 Å². The number of amides is 1. The van der Waals surface area contributed by atoms with E-state index < -0.39 is 20.9 Å². The van der Waals surface area contributed by atoms with Gasteiger partial charge in [0.05, 0.1) is 14.7 Å². The molecule has 1 saturated heterocycles. The first-order chi connectivity index (χ1) is 13.7. The summed E-state index contributed by atoms with van der Waals surface area (Å²) in [5.41, 5.74) is 0.342. The van der Waals surface area contributed by atoms with E-state index in [-0.39, 0.29) is 27.2 Å². The molecule has 1 fully saturated rings. The van der Waals surface area contributed by atoms with Crippen molar-refractivity contribution >= 4 is 56.2 Å². The summed E-state index contributed by atoms with van der Waals surface area (Å²) in [5, 5.41) is 11.3. The summed E-state index contributed by atoms with van der Waals surface area (Å²) < 4.78 is 29.0. The molecule has 11 heteroatoms. The first-order valence-electron chi connectivity index (χ1n) is 8.27. The molecule has 1 heterocycles. The number of thioether (sulfide) groups is 1. The van der Waals surface area contributed by atoms with Gasteiger partial charge in [0.1, 0.15) is 0 Å². The highest BCUT2D eigenvalue weighted by Crippen LogP contribution is 2.34. The minimum atomic E-state index is -4.04. The smallest absolute Gasteiger partial charge is 0.284 e. The molecule has 1 aliphatic heterocycles. The van der Waals surface area contributed by atoms with E-state index in [1.807, 2.05) is 0 Å². The molecule has 2 aromatic carbocycles. The number of likely N-dealkylation sites (N-methyl/N-ethyl adjacent to an activating group) is 1. The average Bonchev–Trinajstić information content (AvgIpc) is 2.95. The van der Waals surface area contributed by atoms with E-state index in [9.17, 15) is 23.3 Å². The van der Waals surface area contributed by atoms with E-state index in [1.54, 1.807) is 13.0 Å². The number of non-ortho nitro benzene ring substituents is 1.